The number of carbonyl (C=O) groups is 1. The lowest BCUT2D eigenvalue weighted by Gasteiger charge is -2.13. The number of ether oxygens (including phenoxy) is 2. The van der Waals surface area contributed by atoms with E-state index in [2.05, 4.69) is 20.9 Å². The van der Waals surface area contributed by atoms with Crippen LogP contribution in [0.4, 0.5) is 5.69 Å². The van der Waals surface area contributed by atoms with Crippen molar-refractivity contribution in [1.29, 1.82) is 0 Å². The monoisotopic (exact) mass is 488 g/mol. The van der Waals surface area contributed by atoms with Crippen LogP contribution in [0.25, 0.3) is 0 Å². The van der Waals surface area contributed by atoms with Gasteiger partial charge in [0, 0.05) is 18.3 Å². The third-order valence-electron chi connectivity index (χ3n) is 3.41. The number of nitrogens with one attached hydrogen (secondary N) is 3. The Bertz CT molecular complexity index is 735. The van der Waals surface area contributed by atoms with Crippen LogP contribution in [0.5, 0.6) is 11.5 Å². The molecule has 0 bridgehead atoms. The van der Waals surface area contributed by atoms with E-state index in [1.165, 1.54) is 0 Å². The Kier molecular flexibility index (Phi) is 10.1. The molecule has 0 aliphatic heterocycles. The molecule has 0 aliphatic carbocycles. The Morgan fingerprint density at radius 3 is 2.56 bits per heavy atom. The summed E-state index contributed by atoms with van der Waals surface area (Å²) in [5.74, 6) is 2.22. The van der Waals surface area contributed by atoms with Gasteiger partial charge in [0.2, 0.25) is 5.91 Å². The number of aliphatic imine (C=N–C) groups is 1. The Hall–Kier alpha value is -2.43. The number of halogens is 1. The summed E-state index contributed by atoms with van der Waals surface area (Å²) in [6.07, 6.45) is 1.57. The number of carbonyl (C=O) groups excluding carboxylic acids is 1. The van der Waals surface area contributed by atoms with E-state index in [-0.39, 0.29) is 36.4 Å². The Morgan fingerprint density at radius 1 is 1.15 bits per heavy atom. The fourth-order valence-corrected chi connectivity index (χ4v) is 2.16. The maximum absolute atomic E-state index is 11.9. The summed E-state index contributed by atoms with van der Waals surface area (Å²) in [5.41, 5.74) is 0.762. The zero-order chi connectivity index (χ0) is 18.8. The minimum absolute atomic E-state index is 0. The van der Waals surface area contributed by atoms with Crippen molar-refractivity contribution in [3.05, 3.63) is 42.4 Å². The number of hydrogen-bond acceptors (Lipinski definition) is 5. The predicted molar refractivity (Wildman–Crippen MR) is 115 cm³/mol. The maximum atomic E-state index is 11.9. The van der Waals surface area contributed by atoms with Gasteiger partial charge in [0.05, 0.1) is 27.0 Å². The van der Waals surface area contributed by atoms with Gasteiger partial charge in [-0.2, -0.15) is 0 Å². The van der Waals surface area contributed by atoms with Gasteiger partial charge in [0.15, 0.2) is 17.5 Å². The van der Waals surface area contributed by atoms with Crippen molar-refractivity contribution < 1.29 is 18.7 Å². The molecule has 0 spiro atoms. The molecule has 0 unspecified atom stereocenters. The van der Waals surface area contributed by atoms with E-state index >= 15 is 0 Å². The summed E-state index contributed by atoms with van der Waals surface area (Å²) in [4.78, 5) is 16.2. The number of nitrogens with zero attached hydrogens (tertiary/aromatic N) is 1. The molecule has 0 saturated heterocycles. The van der Waals surface area contributed by atoms with Crippen molar-refractivity contribution in [2.24, 2.45) is 4.99 Å². The van der Waals surface area contributed by atoms with Crippen LogP contribution in [0.15, 0.2) is 46.0 Å². The zero-order valence-corrected chi connectivity index (χ0v) is 17.9. The number of guanidine groups is 1. The van der Waals surface area contributed by atoms with E-state index in [1.54, 1.807) is 44.7 Å². The predicted octanol–water partition coefficient (Wildman–Crippen LogP) is 2.61. The Morgan fingerprint density at radius 2 is 1.93 bits per heavy atom. The van der Waals surface area contributed by atoms with Crippen molar-refractivity contribution in [3.8, 4) is 11.5 Å². The first-order valence-electron chi connectivity index (χ1n) is 8.22. The SMILES string of the molecule is CCNC(=NCC(=O)NCc1ccco1)Nc1ccc(OC)c(OC)c1.I. The van der Waals surface area contributed by atoms with E-state index in [9.17, 15) is 4.79 Å². The molecular formula is C18H25IN4O4. The van der Waals surface area contributed by atoms with Crippen LogP contribution >= 0.6 is 24.0 Å². The summed E-state index contributed by atoms with van der Waals surface area (Å²) in [6, 6.07) is 9.00. The molecule has 2 aromatic rings. The van der Waals surface area contributed by atoms with E-state index in [0.29, 0.717) is 36.3 Å². The lowest BCUT2D eigenvalue weighted by Crippen LogP contribution is -2.33. The highest BCUT2D eigenvalue weighted by Gasteiger charge is 2.07. The number of anilines is 1. The van der Waals surface area contributed by atoms with Crippen LogP contribution in [0.2, 0.25) is 0 Å². The molecule has 0 atom stereocenters. The first kappa shape index (κ1) is 22.6. The third-order valence-corrected chi connectivity index (χ3v) is 3.41. The number of rotatable bonds is 8. The third kappa shape index (κ3) is 7.37. The van der Waals surface area contributed by atoms with Crippen LogP contribution in [0.1, 0.15) is 12.7 Å². The van der Waals surface area contributed by atoms with Gasteiger partial charge in [-0.1, -0.05) is 0 Å². The van der Waals surface area contributed by atoms with Crippen LogP contribution in [-0.2, 0) is 11.3 Å². The molecule has 1 aromatic heterocycles. The highest BCUT2D eigenvalue weighted by molar-refractivity contribution is 14.0. The van der Waals surface area contributed by atoms with Gasteiger partial charge < -0.3 is 29.8 Å². The van der Waals surface area contributed by atoms with Gasteiger partial charge in [-0.25, -0.2) is 4.99 Å². The van der Waals surface area contributed by atoms with Crippen molar-refractivity contribution in [3.63, 3.8) is 0 Å². The van der Waals surface area contributed by atoms with Crippen molar-refractivity contribution in [2.75, 3.05) is 32.6 Å². The first-order valence-corrected chi connectivity index (χ1v) is 8.22. The summed E-state index contributed by atoms with van der Waals surface area (Å²) >= 11 is 0. The van der Waals surface area contributed by atoms with E-state index < -0.39 is 0 Å². The van der Waals surface area contributed by atoms with Crippen LogP contribution in [0.3, 0.4) is 0 Å². The minimum Gasteiger partial charge on any atom is -0.493 e. The number of benzene rings is 1. The molecule has 0 radical (unpaired) electrons. The molecule has 148 valence electrons. The van der Waals surface area contributed by atoms with Gasteiger partial charge >= 0.3 is 0 Å². The fourth-order valence-electron chi connectivity index (χ4n) is 2.16. The molecule has 3 N–H and O–H groups in total. The van der Waals surface area contributed by atoms with Gasteiger partial charge in [-0.3, -0.25) is 4.79 Å². The number of furan rings is 1. The van der Waals surface area contributed by atoms with Crippen LogP contribution in [0, 0.1) is 0 Å². The Labute approximate surface area is 175 Å². The summed E-state index contributed by atoms with van der Waals surface area (Å²) in [6.45, 7) is 2.93. The normalized spacial score (nSPS) is 10.6. The summed E-state index contributed by atoms with van der Waals surface area (Å²) in [5, 5.41) is 8.97. The highest BCUT2D eigenvalue weighted by Crippen LogP contribution is 2.29. The Balaban J connectivity index is 0.00000364. The molecule has 27 heavy (non-hydrogen) atoms. The van der Waals surface area contributed by atoms with Gasteiger partial charge in [0.1, 0.15) is 12.3 Å². The standard InChI is InChI=1S/C18H24N4O4.HI/c1-4-19-18(21-12-17(23)20-11-14-6-5-9-26-14)22-13-7-8-15(24-2)16(10-13)25-3;/h5-10H,4,11-12H2,1-3H3,(H,20,23)(H2,19,21,22);1H. The van der Waals surface area contributed by atoms with E-state index in [4.69, 9.17) is 13.9 Å². The molecule has 1 amide bonds. The second-order valence-corrected chi connectivity index (χ2v) is 5.25. The number of methoxy groups -OCH3 is 2. The average molecular weight is 488 g/mol. The van der Waals surface area contributed by atoms with Crippen molar-refractivity contribution in [2.45, 2.75) is 13.5 Å². The number of hydrogen-bond donors (Lipinski definition) is 3. The van der Waals surface area contributed by atoms with E-state index in [0.717, 1.165) is 5.69 Å². The lowest BCUT2D eigenvalue weighted by atomic mass is 10.3. The smallest absolute Gasteiger partial charge is 0.242 e. The first-order chi connectivity index (χ1) is 12.7. The van der Waals surface area contributed by atoms with Gasteiger partial charge in [-0.15, -0.1) is 24.0 Å². The molecule has 1 heterocycles. The lowest BCUT2D eigenvalue weighted by molar-refractivity contribution is -0.119. The molecule has 0 fully saturated rings. The molecule has 0 aliphatic rings. The fraction of sp³-hybridized carbons (Fsp3) is 0.333. The molecule has 8 nitrogen and oxygen atoms in total. The molecule has 9 heteroatoms. The number of amides is 1. The molecular weight excluding hydrogens is 463 g/mol. The van der Waals surface area contributed by atoms with Gasteiger partial charge in [-0.05, 0) is 31.2 Å². The molecule has 1 aromatic carbocycles. The minimum atomic E-state index is -0.203. The average Bonchev–Trinajstić information content (AvgIpc) is 3.18. The maximum Gasteiger partial charge on any atom is 0.242 e. The second kappa shape index (κ2) is 12.0. The molecule has 2 rings (SSSR count). The largest absolute Gasteiger partial charge is 0.493 e. The van der Waals surface area contributed by atoms with Crippen LogP contribution < -0.4 is 25.4 Å². The van der Waals surface area contributed by atoms with Gasteiger partial charge in [0.25, 0.3) is 0 Å². The highest BCUT2D eigenvalue weighted by atomic mass is 127. The topological polar surface area (TPSA) is 97.1 Å². The molecule has 0 saturated carbocycles. The van der Waals surface area contributed by atoms with Crippen molar-refractivity contribution >= 4 is 41.5 Å². The van der Waals surface area contributed by atoms with Crippen LogP contribution in [-0.4, -0.2) is 39.2 Å². The summed E-state index contributed by atoms with van der Waals surface area (Å²) in [7, 11) is 3.15. The summed E-state index contributed by atoms with van der Waals surface area (Å²) < 4.78 is 15.7. The van der Waals surface area contributed by atoms with E-state index in [1.807, 2.05) is 13.0 Å². The second-order valence-electron chi connectivity index (χ2n) is 5.25. The zero-order valence-electron chi connectivity index (χ0n) is 15.6. The quantitative estimate of drug-likeness (QED) is 0.301. The van der Waals surface area contributed by atoms with Crippen molar-refractivity contribution in [1.82, 2.24) is 10.6 Å².